The predicted molar refractivity (Wildman–Crippen MR) is 55.6 cm³/mol. The molecule has 0 amide bonds. The molecule has 76 valence electrons. The Kier molecular flexibility index (Phi) is 4.46. The van der Waals surface area contributed by atoms with Gasteiger partial charge in [-0.25, -0.2) is 0 Å². The quantitative estimate of drug-likeness (QED) is 0.650. The summed E-state index contributed by atoms with van der Waals surface area (Å²) in [6.07, 6.45) is 4.55. The molecular weight excluding hydrogens is 162 g/mol. The van der Waals surface area contributed by atoms with Crippen LogP contribution < -0.4 is 5.32 Å². The van der Waals surface area contributed by atoms with Crippen LogP contribution in [-0.2, 0) is 0 Å². The minimum absolute atomic E-state index is 0.0774. The van der Waals surface area contributed by atoms with Gasteiger partial charge in [0.25, 0.3) is 0 Å². The molecule has 2 atom stereocenters. The lowest BCUT2D eigenvalue weighted by Crippen LogP contribution is -2.34. The average Bonchev–Trinajstić information content (AvgIpc) is 2.08. The number of rotatable bonds is 4. The van der Waals surface area contributed by atoms with Gasteiger partial charge < -0.3 is 10.4 Å². The molecule has 2 N–H and O–H groups in total. The molecule has 13 heavy (non-hydrogen) atoms. The highest BCUT2D eigenvalue weighted by atomic mass is 16.3. The van der Waals surface area contributed by atoms with Gasteiger partial charge in [-0.3, -0.25) is 0 Å². The third kappa shape index (κ3) is 3.92. The number of nitrogens with one attached hydrogen (secondary N) is 1. The highest BCUT2D eigenvalue weighted by Crippen LogP contribution is 2.23. The van der Waals surface area contributed by atoms with Crippen molar-refractivity contribution in [1.29, 1.82) is 0 Å². The van der Waals surface area contributed by atoms with Gasteiger partial charge >= 0.3 is 0 Å². The van der Waals surface area contributed by atoms with E-state index >= 15 is 0 Å². The van der Waals surface area contributed by atoms with Crippen LogP contribution in [0.2, 0.25) is 0 Å². The Hall–Kier alpha value is -0.340. The third-order valence-corrected chi connectivity index (χ3v) is 2.70. The van der Waals surface area contributed by atoms with E-state index in [1.807, 2.05) is 6.92 Å². The van der Waals surface area contributed by atoms with Crippen molar-refractivity contribution in [3.63, 3.8) is 0 Å². The fourth-order valence-electron chi connectivity index (χ4n) is 1.90. The second-order valence-electron chi connectivity index (χ2n) is 4.20. The Morgan fingerprint density at radius 1 is 1.46 bits per heavy atom. The summed E-state index contributed by atoms with van der Waals surface area (Å²) in [6, 6.07) is 0. The van der Waals surface area contributed by atoms with E-state index in [-0.39, 0.29) is 6.10 Å². The van der Waals surface area contributed by atoms with Gasteiger partial charge in [-0.2, -0.15) is 0 Å². The van der Waals surface area contributed by atoms with Crippen molar-refractivity contribution >= 4 is 0 Å². The van der Waals surface area contributed by atoms with Gasteiger partial charge in [0.15, 0.2) is 0 Å². The van der Waals surface area contributed by atoms with Crippen molar-refractivity contribution in [1.82, 2.24) is 5.32 Å². The van der Waals surface area contributed by atoms with Crippen LogP contribution in [0.5, 0.6) is 0 Å². The zero-order valence-corrected chi connectivity index (χ0v) is 8.55. The standard InChI is InChI=1S/C11H21NO/c1-9(2)7-12-8-10-5-3-4-6-11(10)13/h10-13H,1,3-8H2,2H3. The van der Waals surface area contributed by atoms with E-state index in [1.165, 1.54) is 19.3 Å². The summed E-state index contributed by atoms with van der Waals surface area (Å²) < 4.78 is 0. The zero-order chi connectivity index (χ0) is 9.68. The van der Waals surface area contributed by atoms with E-state index < -0.39 is 0 Å². The fourth-order valence-corrected chi connectivity index (χ4v) is 1.90. The molecule has 0 spiro atoms. The van der Waals surface area contributed by atoms with Gasteiger partial charge in [-0.1, -0.05) is 25.0 Å². The second kappa shape index (κ2) is 5.40. The lowest BCUT2D eigenvalue weighted by molar-refractivity contribution is 0.0701. The molecule has 0 saturated heterocycles. The summed E-state index contributed by atoms with van der Waals surface area (Å²) in [7, 11) is 0. The monoisotopic (exact) mass is 183 g/mol. The van der Waals surface area contributed by atoms with Crippen LogP contribution in [-0.4, -0.2) is 24.3 Å². The number of aliphatic hydroxyl groups is 1. The zero-order valence-electron chi connectivity index (χ0n) is 8.55. The lowest BCUT2D eigenvalue weighted by Gasteiger charge is -2.27. The maximum Gasteiger partial charge on any atom is 0.0580 e. The Morgan fingerprint density at radius 3 is 2.77 bits per heavy atom. The van der Waals surface area contributed by atoms with Gasteiger partial charge in [-0.15, -0.1) is 0 Å². The molecule has 1 fully saturated rings. The molecule has 0 aromatic carbocycles. The van der Waals surface area contributed by atoms with Crippen LogP contribution in [0.3, 0.4) is 0 Å². The summed E-state index contributed by atoms with van der Waals surface area (Å²) in [4.78, 5) is 0. The van der Waals surface area contributed by atoms with Crippen LogP contribution in [0.25, 0.3) is 0 Å². The smallest absolute Gasteiger partial charge is 0.0580 e. The van der Waals surface area contributed by atoms with Crippen molar-refractivity contribution in [2.24, 2.45) is 5.92 Å². The Labute approximate surface area is 81.0 Å². The molecule has 0 aromatic rings. The first kappa shape index (κ1) is 10.7. The van der Waals surface area contributed by atoms with Crippen LogP contribution in [0.4, 0.5) is 0 Å². The first-order valence-electron chi connectivity index (χ1n) is 5.23. The Bertz CT molecular complexity index is 167. The Morgan fingerprint density at radius 2 is 2.15 bits per heavy atom. The topological polar surface area (TPSA) is 32.3 Å². The molecule has 1 rings (SSSR count). The van der Waals surface area contributed by atoms with Crippen molar-refractivity contribution in [3.05, 3.63) is 12.2 Å². The largest absolute Gasteiger partial charge is 0.393 e. The van der Waals surface area contributed by atoms with E-state index in [9.17, 15) is 5.11 Å². The van der Waals surface area contributed by atoms with E-state index in [0.29, 0.717) is 5.92 Å². The molecule has 0 radical (unpaired) electrons. The normalized spacial score (nSPS) is 28.8. The molecule has 2 heteroatoms. The van der Waals surface area contributed by atoms with E-state index in [0.717, 1.165) is 25.1 Å². The van der Waals surface area contributed by atoms with Crippen molar-refractivity contribution in [2.45, 2.75) is 38.7 Å². The first-order chi connectivity index (χ1) is 6.20. The second-order valence-corrected chi connectivity index (χ2v) is 4.20. The summed E-state index contributed by atoms with van der Waals surface area (Å²) in [5, 5.41) is 13.0. The summed E-state index contributed by atoms with van der Waals surface area (Å²) in [6.45, 7) is 7.67. The van der Waals surface area contributed by atoms with E-state index in [2.05, 4.69) is 11.9 Å². The first-order valence-corrected chi connectivity index (χ1v) is 5.23. The van der Waals surface area contributed by atoms with Gasteiger partial charge in [0.2, 0.25) is 0 Å². The molecule has 0 heterocycles. The predicted octanol–water partition coefficient (Wildman–Crippen LogP) is 1.70. The average molecular weight is 183 g/mol. The number of aliphatic hydroxyl groups excluding tert-OH is 1. The van der Waals surface area contributed by atoms with Crippen LogP contribution in [0, 0.1) is 5.92 Å². The summed E-state index contributed by atoms with van der Waals surface area (Å²) in [5.41, 5.74) is 1.16. The third-order valence-electron chi connectivity index (χ3n) is 2.70. The molecule has 1 saturated carbocycles. The molecule has 0 bridgehead atoms. The molecule has 1 aliphatic rings. The highest BCUT2D eigenvalue weighted by molar-refractivity contribution is 4.91. The minimum atomic E-state index is -0.0774. The molecule has 2 nitrogen and oxygen atoms in total. The molecule has 1 aliphatic carbocycles. The minimum Gasteiger partial charge on any atom is -0.393 e. The van der Waals surface area contributed by atoms with Gasteiger partial charge in [0, 0.05) is 13.1 Å². The maximum absolute atomic E-state index is 9.67. The SMILES string of the molecule is C=C(C)CNCC1CCCCC1O. The van der Waals surface area contributed by atoms with Crippen LogP contribution >= 0.6 is 0 Å². The van der Waals surface area contributed by atoms with Crippen molar-refractivity contribution in [3.8, 4) is 0 Å². The fraction of sp³-hybridized carbons (Fsp3) is 0.818. The summed E-state index contributed by atoms with van der Waals surface area (Å²) >= 11 is 0. The maximum atomic E-state index is 9.67. The van der Waals surface area contributed by atoms with E-state index in [4.69, 9.17) is 0 Å². The highest BCUT2D eigenvalue weighted by Gasteiger charge is 2.21. The van der Waals surface area contributed by atoms with Crippen LogP contribution in [0.1, 0.15) is 32.6 Å². The van der Waals surface area contributed by atoms with Gasteiger partial charge in [0.1, 0.15) is 0 Å². The number of hydrogen-bond donors (Lipinski definition) is 2. The number of hydrogen-bond acceptors (Lipinski definition) is 2. The molecule has 0 aromatic heterocycles. The van der Waals surface area contributed by atoms with Crippen molar-refractivity contribution in [2.75, 3.05) is 13.1 Å². The van der Waals surface area contributed by atoms with E-state index in [1.54, 1.807) is 0 Å². The molecule has 2 unspecified atom stereocenters. The van der Waals surface area contributed by atoms with Crippen LogP contribution in [0.15, 0.2) is 12.2 Å². The van der Waals surface area contributed by atoms with Crippen molar-refractivity contribution < 1.29 is 5.11 Å². The Balaban J connectivity index is 2.15. The lowest BCUT2D eigenvalue weighted by atomic mass is 9.86. The summed E-state index contributed by atoms with van der Waals surface area (Å²) in [5.74, 6) is 0.466. The molecular formula is C11H21NO. The molecule has 0 aliphatic heterocycles. The van der Waals surface area contributed by atoms with Gasteiger partial charge in [0.05, 0.1) is 6.10 Å². The van der Waals surface area contributed by atoms with Gasteiger partial charge in [-0.05, 0) is 25.7 Å².